The number of rotatable bonds is 8. The van der Waals surface area contributed by atoms with Gasteiger partial charge in [0.15, 0.2) is 0 Å². The van der Waals surface area contributed by atoms with E-state index in [1.807, 2.05) is 0 Å². The van der Waals surface area contributed by atoms with Gasteiger partial charge in [0.05, 0.1) is 6.42 Å². The molecule has 1 aromatic heterocycles. The molecule has 3 N–H and O–H groups in total. The molecule has 7 nitrogen and oxygen atoms in total. The van der Waals surface area contributed by atoms with Crippen molar-refractivity contribution in [2.24, 2.45) is 0 Å². The molecule has 7 heteroatoms. The lowest BCUT2D eigenvalue weighted by molar-refractivity contribution is -0.142. The Labute approximate surface area is 115 Å². The third kappa shape index (κ3) is 5.94. The standard InChI is InChI=1S/C13H16N2O5/c16-11(8-9-4-1-2-7-14-9)15-10(13(19)20)5-3-6-12(17)18/h1-2,4,7,10H,3,5-6,8H2,(H,15,16)(H,17,18)(H,19,20)/t10-/m1/s1. The predicted molar refractivity (Wildman–Crippen MR) is 69.0 cm³/mol. The summed E-state index contributed by atoms with van der Waals surface area (Å²) in [5, 5.41) is 19.8. The number of carboxylic acid groups (broad SMARTS) is 2. The maximum atomic E-state index is 11.7. The van der Waals surface area contributed by atoms with E-state index in [9.17, 15) is 14.4 Å². The minimum absolute atomic E-state index is 0.0104. The van der Waals surface area contributed by atoms with Gasteiger partial charge in [-0.1, -0.05) is 6.07 Å². The molecule has 1 rings (SSSR count). The molecule has 0 aliphatic rings. The van der Waals surface area contributed by atoms with Crippen LogP contribution in [0.2, 0.25) is 0 Å². The Morgan fingerprint density at radius 3 is 2.55 bits per heavy atom. The molecule has 0 aliphatic heterocycles. The zero-order valence-electron chi connectivity index (χ0n) is 10.8. The summed E-state index contributed by atoms with van der Waals surface area (Å²) in [6.45, 7) is 0. The fraction of sp³-hybridized carbons (Fsp3) is 0.385. The van der Waals surface area contributed by atoms with E-state index in [-0.39, 0.29) is 25.7 Å². The first-order chi connectivity index (χ1) is 9.49. The molecule has 20 heavy (non-hydrogen) atoms. The van der Waals surface area contributed by atoms with Crippen LogP contribution in [0.1, 0.15) is 25.0 Å². The first-order valence-electron chi connectivity index (χ1n) is 6.13. The molecule has 1 aromatic rings. The first-order valence-corrected chi connectivity index (χ1v) is 6.13. The zero-order valence-corrected chi connectivity index (χ0v) is 10.8. The van der Waals surface area contributed by atoms with E-state index >= 15 is 0 Å². The SMILES string of the molecule is O=C(O)CCC[C@@H](NC(=O)Cc1ccccn1)C(=O)O. The molecule has 0 bridgehead atoms. The molecule has 1 amide bonds. The van der Waals surface area contributed by atoms with Gasteiger partial charge >= 0.3 is 11.9 Å². The second-order valence-corrected chi connectivity index (χ2v) is 4.24. The number of aliphatic carboxylic acids is 2. The monoisotopic (exact) mass is 280 g/mol. The molecule has 0 radical (unpaired) electrons. The topological polar surface area (TPSA) is 117 Å². The number of pyridine rings is 1. The summed E-state index contributed by atoms with van der Waals surface area (Å²) in [5.74, 6) is -2.62. The summed E-state index contributed by atoms with van der Waals surface area (Å²) >= 11 is 0. The van der Waals surface area contributed by atoms with Crippen molar-refractivity contribution in [3.63, 3.8) is 0 Å². The number of carbonyl (C=O) groups excluding carboxylic acids is 1. The molecular weight excluding hydrogens is 264 g/mol. The lowest BCUT2D eigenvalue weighted by Crippen LogP contribution is -2.41. The quantitative estimate of drug-likeness (QED) is 0.636. The molecule has 0 fully saturated rings. The van der Waals surface area contributed by atoms with Crippen LogP contribution in [-0.2, 0) is 20.8 Å². The van der Waals surface area contributed by atoms with Gasteiger partial charge in [0, 0.05) is 18.3 Å². The normalized spacial score (nSPS) is 11.6. The maximum Gasteiger partial charge on any atom is 0.326 e. The van der Waals surface area contributed by atoms with E-state index < -0.39 is 23.9 Å². The van der Waals surface area contributed by atoms with Crippen LogP contribution in [0.3, 0.4) is 0 Å². The molecule has 0 spiro atoms. The van der Waals surface area contributed by atoms with E-state index in [4.69, 9.17) is 10.2 Å². The average molecular weight is 280 g/mol. The zero-order chi connectivity index (χ0) is 15.0. The third-order valence-electron chi connectivity index (χ3n) is 2.58. The fourth-order valence-electron chi connectivity index (χ4n) is 1.63. The van der Waals surface area contributed by atoms with E-state index in [1.54, 1.807) is 24.4 Å². The van der Waals surface area contributed by atoms with Crippen molar-refractivity contribution in [3.8, 4) is 0 Å². The Hall–Kier alpha value is -2.44. The summed E-state index contributed by atoms with van der Waals surface area (Å²) < 4.78 is 0. The van der Waals surface area contributed by atoms with Gasteiger partial charge in [-0.25, -0.2) is 4.79 Å². The van der Waals surface area contributed by atoms with Gasteiger partial charge < -0.3 is 15.5 Å². The highest BCUT2D eigenvalue weighted by Crippen LogP contribution is 2.03. The van der Waals surface area contributed by atoms with E-state index in [2.05, 4.69) is 10.3 Å². The summed E-state index contributed by atoms with van der Waals surface area (Å²) in [5.41, 5.74) is 0.541. The summed E-state index contributed by atoms with van der Waals surface area (Å²) in [7, 11) is 0. The molecule has 1 atom stereocenters. The van der Waals surface area contributed by atoms with Crippen LogP contribution in [0.15, 0.2) is 24.4 Å². The van der Waals surface area contributed by atoms with Crippen LogP contribution in [0.25, 0.3) is 0 Å². The maximum absolute atomic E-state index is 11.7. The van der Waals surface area contributed by atoms with Crippen molar-refractivity contribution in [2.45, 2.75) is 31.7 Å². The molecule has 0 saturated carbocycles. The fourth-order valence-corrected chi connectivity index (χ4v) is 1.63. The van der Waals surface area contributed by atoms with Crippen molar-refractivity contribution in [3.05, 3.63) is 30.1 Å². The summed E-state index contributed by atoms with van der Waals surface area (Å²) in [4.78, 5) is 37.0. The Morgan fingerprint density at radius 1 is 1.25 bits per heavy atom. The average Bonchev–Trinajstić information content (AvgIpc) is 2.38. The van der Waals surface area contributed by atoms with E-state index in [0.717, 1.165) is 0 Å². The predicted octanol–water partition coefficient (Wildman–Crippen LogP) is 0.448. The highest BCUT2D eigenvalue weighted by molar-refractivity contribution is 5.84. The van der Waals surface area contributed by atoms with Crippen LogP contribution in [0, 0.1) is 0 Å². The molecule has 0 unspecified atom stereocenters. The number of nitrogens with zero attached hydrogens (tertiary/aromatic N) is 1. The number of hydrogen-bond donors (Lipinski definition) is 3. The minimum atomic E-state index is -1.18. The lowest BCUT2D eigenvalue weighted by Gasteiger charge is -2.13. The second-order valence-electron chi connectivity index (χ2n) is 4.24. The molecular formula is C13H16N2O5. The molecule has 0 aliphatic carbocycles. The summed E-state index contributed by atoms with van der Waals surface area (Å²) in [6.07, 6.45) is 1.68. The van der Waals surface area contributed by atoms with Gasteiger partial charge in [0.25, 0.3) is 0 Å². The number of amides is 1. The second kappa shape index (κ2) is 7.88. The lowest BCUT2D eigenvalue weighted by atomic mass is 10.1. The highest BCUT2D eigenvalue weighted by Gasteiger charge is 2.20. The Kier molecular flexibility index (Phi) is 6.15. The van der Waals surface area contributed by atoms with Crippen LogP contribution in [0.4, 0.5) is 0 Å². The van der Waals surface area contributed by atoms with Crippen molar-refractivity contribution >= 4 is 17.8 Å². The van der Waals surface area contributed by atoms with E-state index in [0.29, 0.717) is 5.69 Å². The number of aromatic nitrogens is 1. The van der Waals surface area contributed by atoms with E-state index in [1.165, 1.54) is 0 Å². The number of hydrogen-bond acceptors (Lipinski definition) is 4. The summed E-state index contributed by atoms with van der Waals surface area (Å²) in [6, 6.07) is 4.04. The highest BCUT2D eigenvalue weighted by atomic mass is 16.4. The minimum Gasteiger partial charge on any atom is -0.481 e. The van der Waals surface area contributed by atoms with Crippen molar-refractivity contribution < 1.29 is 24.6 Å². The molecule has 0 aromatic carbocycles. The van der Waals surface area contributed by atoms with Gasteiger partial charge in [0.1, 0.15) is 6.04 Å². The first kappa shape index (κ1) is 15.6. The van der Waals surface area contributed by atoms with Gasteiger partial charge in [0.2, 0.25) is 5.91 Å². The number of carbonyl (C=O) groups is 3. The van der Waals surface area contributed by atoms with Crippen LogP contribution < -0.4 is 5.32 Å². The molecule has 108 valence electrons. The van der Waals surface area contributed by atoms with Gasteiger partial charge in [-0.05, 0) is 25.0 Å². The van der Waals surface area contributed by atoms with Crippen LogP contribution >= 0.6 is 0 Å². The number of nitrogens with one attached hydrogen (secondary N) is 1. The van der Waals surface area contributed by atoms with Crippen molar-refractivity contribution in [2.75, 3.05) is 0 Å². The third-order valence-corrected chi connectivity index (χ3v) is 2.58. The molecule has 1 heterocycles. The molecule has 0 saturated heterocycles. The van der Waals surface area contributed by atoms with Gasteiger partial charge in [-0.3, -0.25) is 14.6 Å². The largest absolute Gasteiger partial charge is 0.481 e. The van der Waals surface area contributed by atoms with Crippen molar-refractivity contribution in [1.29, 1.82) is 0 Å². The van der Waals surface area contributed by atoms with Crippen molar-refractivity contribution in [1.82, 2.24) is 10.3 Å². The Bertz CT molecular complexity index is 475. The smallest absolute Gasteiger partial charge is 0.326 e. The van der Waals surface area contributed by atoms with Gasteiger partial charge in [-0.2, -0.15) is 0 Å². The Morgan fingerprint density at radius 2 is 2.00 bits per heavy atom. The van der Waals surface area contributed by atoms with Gasteiger partial charge in [-0.15, -0.1) is 0 Å². The van der Waals surface area contributed by atoms with Crippen LogP contribution in [-0.4, -0.2) is 39.1 Å². The Balaban J connectivity index is 2.46. The van der Waals surface area contributed by atoms with Crippen LogP contribution in [0.5, 0.6) is 0 Å². The number of carboxylic acids is 2.